The van der Waals surface area contributed by atoms with Crippen LogP contribution in [0.15, 0.2) is 54.0 Å². The molecular weight excluding hydrogens is 332 g/mol. The van der Waals surface area contributed by atoms with E-state index in [0.717, 1.165) is 27.1 Å². The summed E-state index contributed by atoms with van der Waals surface area (Å²) in [5, 5.41) is 0. The second-order valence-electron chi connectivity index (χ2n) is 5.81. The van der Waals surface area contributed by atoms with E-state index in [-0.39, 0.29) is 5.91 Å². The molecule has 0 N–H and O–H groups in total. The Hall–Kier alpha value is -2.66. The van der Waals surface area contributed by atoms with Crippen molar-refractivity contribution < 1.29 is 9.53 Å². The lowest BCUT2D eigenvalue weighted by Crippen LogP contribution is -2.16. The number of carbonyl (C=O) groups excluding carboxylic acids is 1. The second-order valence-corrected chi connectivity index (χ2v) is 6.82. The molecule has 2 aromatic carbocycles. The van der Waals surface area contributed by atoms with Crippen LogP contribution >= 0.6 is 11.3 Å². The molecule has 3 aromatic rings. The van der Waals surface area contributed by atoms with Gasteiger partial charge in [0.1, 0.15) is 11.3 Å². The molecule has 1 aromatic heterocycles. The number of aromatic nitrogens is 1. The molecule has 0 saturated carbocycles. The molecule has 0 unspecified atom stereocenters. The smallest absolute Gasteiger partial charge is 0.279 e. The molecule has 0 radical (unpaired) electrons. The lowest BCUT2D eigenvalue weighted by atomic mass is 10.1. The summed E-state index contributed by atoms with van der Waals surface area (Å²) in [6.07, 6.45) is 1.79. The maximum atomic E-state index is 12.6. The number of aryl methyl sites for hydroxylation is 2. The van der Waals surface area contributed by atoms with Crippen LogP contribution in [-0.4, -0.2) is 17.6 Å². The van der Waals surface area contributed by atoms with Gasteiger partial charge in [0.25, 0.3) is 5.91 Å². The number of fused-ring (bicyclic) bond motifs is 1. The quantitative estimate of drug-likeness (QED) is 0.659. The molecule has 3 rings (SSSR count). The first-order valence-corrected chi connectivity index (χ1v) is 8.80. The van der Waals surface area contributed by atoms with Crippen molar-refractivity contribution >= 4 is 27.5 Å². The maximum absolute atomic E-state index is 12.6. The molecule has 0 fully saturated rings. The monoisotopic (exact) mass is 352 g/mol. The highest BCUT2D eigenvalue weighted by molar-refractivity contribution is 7.16. The molecule has 0 spiro atoms. The molecule has 0 aliphatic heterocycles. The standard InChI is InChI=1S/C20H20N2O2S/c1-5-11-22-18-16(24-4)7-6-8-17(18)25-20(22)21-19(23)15-10-9-13(2)14(3)12-15/h5-10,12H,1,11H2,2-4H3. The summed E-state index contributed by atoms with van der Waals surface area (Å²) in [5.74, 6) is 0.516. The Kier molecular flexibility index (Phi) is 4.86. The van der Waals surface area contributed by atoms with Gasteiger partial charge >= 0.3 is 0 Å². The summed E-state index contributed by atoms with van der Waals surface area (Å²) in [6, 6.07) is 11.5. The van der Waals surface area contributed by atoms with Crippen molar-refractivity contribution in [3.05, 3.63) is 70.5 Å². The van der Waals surface area contributed by atoms with E-state index in [9.17, 15) is 4.79 Å². The van der Waals surface area contributed by atoms with E-state index in [1.807, 2.05) is 54.8 Å². The Morgan fingerprint density at radius 1 is 1.28 bits per heavy atom. The largest absolute Gasteiger partial charge is 0.495 e. The van der Waals surface area contributed by atoms with Gasteiger partial charge in [-0.05, 0) is 49.2 Å². The number of amides is 1. The minimum atomic E-state index is -0.244. The van der Waals surface area contributed by atoms with E-state index in [2.05, 4.69) is 11.6 Å². The highest BCUT2D eigenvalue weighted by atomic mass is 32.1. The van der Waals surface area contributed by atoms with Gasteiger partial charge in [0.2, 0.25) is 0 Å². The highest BCUT2D eigenvalue weighted by Gasteiger charge is 2.12. The molecule has 5 heteroatoms. The number of benzene rings is 2. The fraction of sp³-hybridized carbons (Fsp3) is 0.200. The number of thiazole rings is 1. The number of rotatable bonds is 4. The Morgan fingerprint density at radius 3 is 2.76 bits per heavy atom. The van der Waals surface area contributed by atoms with Crippen LogP contribution in [0.2, 0.25) is 0 Å². The zero-order chi connectivity index (χ0) is 18.0. The van der Waals surface area contributed by atoms with Gasteiger partial charge in [-0.25, -0.2) is 0 Å². The summed E-state index contributed by atoms with van der Waals surface area (Å²) >= 11 is 1.47. The molecule has 128 valence electrons. The predicted molar refractivity (Wildman–Crippen MR) is 102 cm³/mol. The van der Waals surface area contributed by atoms with Crippen molar-refractivity contribution in [2.24, 2.45) is 4.99 Å². The Labute approximate surface area is 150 Å². The minimum absolute atomic E-state index is 0.244. The molecule has 1 amide bonds. The van der Waals surface area contributed by atoms with Crippen LogP contribution in [0, 0.1) is 13.8 Å². The van der Waals surface area contributed by atoms with Crippen molar-refractivity contribution in [2.75, 3.05) is 7.11 Å². The summed E-state index contributed by atoms with van der Waals surface area (Å²) < 4.78 is 8.46. The molecule has 1 heterocycles. The van der Waals surface area contributed by atoms with Crippen LogP contribution in [0.1, 0.15) is 21.5 Å². The van der Waals surface area contributed by atoms with E-state index in [4.69, 9.17) is 4.74 Å². The lowest BCUT2D eigenvalue weighted by Gasteiger charge is -2.06. The summed E-state index contributed by atoms with van der Waals surface area (Å²) in [4.78, 5) is 17.6. The van der Waals surface area contributed by atoms with Crippen molar-refractivity contribution in [1.82, 2.24) is 4.57 Å². The number of carbonyl (C=O) groups is 1. The van der Waals surface area contributed by atoms with E-state index in [1.165, 1.54) is 11.3 Å². The number of allylic oxidation sites excluding steroid dienone is 1. The van der Waals surface area contributed by atoms with Gasteiger partial charge in [0, 0.05) is 12.1 Å². The summed E-state index contributed by atoms with van der Waals surface area (Å²) in [7, 11) is 1.64. The van der Waals surface area contributed by atoms with E-state index >= 15 is 0 Å². The SMILES string of the molecule is C=CCn1c(=NC(=O)c2ccc(C)c(C)c2)sc2cccc(OC)c21. The van der Waals surface area contributed by atoms with E-state index in [1.54, 1.807) is 13.2 Å². The van der Waals surface area contributed by atoms with Crippen LogP contribution in [-0.2, 0) is 6.54 Å². The van der Waals surface area contributed by atoms with Crippen molar-refractivity contribution in [3.63, 3.8) is 0 Å². The van der Waals surface area contributed by atoms with Crippen molar-refractivity contribution in [2.45, 2.75) is 20.4 Å². The number of hydrogen-bond donors (Lipinski definition) is 0. The summed E-state index contributed by atoms with van der Waals surface area (Å²) in [6.45, 7) is 8.39. The zero-order valence-corrected chi connectivity index (χ0v) is 15.4. The molecule has 0 aliphatic carbocycles. The Morgan fingerprint density at radius 2 is 2.08 bits per heavy atom. The number of hydrogen-bond acceptors (Lipinski definition) is 3. The van der Waals surface area contributed by atoms with Crippen LogP contribution in [0.4, 0.5) is 0 Å². The third kappa shape index (κ3) is 3.28. The number of nitrogens with zero attached hydrogens (tertiary/aromatic N) is 2. The highest BCUT2D eigenvalue weighted by Crippen LogP contribution is 2.27. The number of para-hydroxylation sites is 1. The van der Waals surface area contributed by atoms with Crippen molar-refractivity contribution in [1.29, 1.82) is 0 Å². The molecule has 0 atom stereocenters. The Bertz CT molecular complexity index is 1030. The number of ether oxygens (including phenoxy) is 1. The van der Waals surface area contributed by atoms with E-state index in [0.29, 0.717) is 16.9 Å². The van der Waals surface area contributed by atoms with Crippen molar-refractivity contribution in [3.8, 4) is 5.75 Å². The molecular formula is C20H20N2O2S. The van der Waals surface area contributed by atoms with Crippen LogP contribution in [0.5, 0.6) is 5.75 Å². The topological polar surface area (TPSA) is 43.6 Å². The van der Waals surface area contributed by atoms with Gasteiger partial charge in [-0.3, -0.25) is 4.79 Å². The Balaban J connectivity index is 2.18. The average molecular weight is 352 g/mol. The number of methoxy groups -OCH3 is 1. The van der Waals surface area contributed by atoms with Gasteiger partial charge in [-0.1, -0.05) is 29.5 Å². The minimum Gasteiger partial charge on any atom is -0.495 e. The van der Waals surface area contributed by atoms with E-state index < -0.39 is 0 Å². The molecule has 25 heavy (non-hydrogen) atoms. The lowest BCUT2D eigenvalue weighted by molar-refractivity contribution is 0.0998. The van der Waals surface area contributed by atoms with Gasteiger partial charge < -0.3 is 9.30 Å². The van der Waals surface area contributed by atoms with Crippen LogP contribution < -0.4 is 9.54 Å². The molecule has 0 bridgehead atoms. The van der Waals surface area contributed by atoms with Gasteiger partial charge in [-0.2, -0.15) is 4.99 Å². The second kappa shape index (κ2) is 7.07. The molecule has 0 aliphatic rings. The first-order chi connectivity index (χ1) is 12.0. The third-order valence-electron chi connectivity index (χ3n) is 4.15. The van der Waals surface area contributed by atoms with Crippen LogP contribution in [0.25, 0.3) is 10.2 Å². The predicted octanol–water partition coefficient (Wildman–Crippen LogP) is 4.26. The van der Waals surface area contributed by atoms with Gasteiger partial charge in [0.15, 0.2) is 4.80 Å². The van der Waals surface area contributed by atoms with Crippen LogP contribution in [0.3, 0.4) is 0 Å². The summed E-state index contributed by atoms with van der Waals surface area (Å²) in [5.41, 5.74) is 3.77. The normalized spacial score (nSPS) is 11.7. The first-order valence-electron chi connectivity index (χ1n) is 7.98. The van der Waals surface area contributed by atoms with Gasteiger partial charge in [0.05, 0.1) is 11.8 Å². The van der Waals surface area contributed by atoms with Gasteiger partial charge in [-0.15, -0.1) is 6.58 Å². The maximum Gasteiger partial charge on any atom is 0.279 e. The molecule has 4 nitrogen and oxygen atoms in total. The fourth-order valence-electron chi connectivity index (χ4n) is 2.67. The fourth-order valence-corrected chi connectivity index (χ4v) is 3.73. The first kappa shape index (κ1) is 17.2. The molecule has 0 saturated heterocycles. The zero-order valence-electron chi connectivity index (χ0n) is 14.6. The average Bonchev–Trinajstić information content (AvgIpc) is 2.95. The third-order valence-corrected chi connectivity index (χ3v) is 5.19.